The predicted molar refractivity (Wildman–Crippen MR) is 190 cm³/mol. The van der Waals surface area contributed by atoms with Crippen molar-refractivity contribution in [3.05, 3.63) is 100 Å². The molecule has 2 aliphatic carbocycles. The number of allylic oxidation sites excluding steroid dienone is 4. The number of H-pyrrole nitrogens is 1. The van der Waals surface area contributed by atoms with Crippen molar-refractivity contribution in [3.63, 3.8) is 0 Å². The molecule has 2 unspecified atom stereocenters. The van der Waals surface area contributed by atoms with Gasteiger partial charge in [0.15, 0.2) is 27.2 Å². The molecule has 3 aliphatic rings. The van der Waals surface area contributed by atoms with Crippen molar-refractivity contribution < 1.29 is 31.5 Å². The number of nitrogens with one attached hydrogen (secondary N) is 1. The van der Waals surface area contributed by atoms with E-state index in [0.29, 0.717) is 59.7 Å². The predicted octanol–water partition coefficient (Wildman–Crippen LogP) is 7.46. The first-order chi connectivity index (χ1) is 24.4. The minimum Gasteiger partial charge on any atom is -0.466 e. The third kappa shape index (κ3) is 7.24. The smallest absolute Gasteiger partial charge is 0.306 e. The lowest BCUT2D eigenvalue weighted by atomic mass is 9.76. The minimum absolute atomic E-state index is 0.0469. The molecule has 3 heterocycles. The Morgan fingerprint density at radius 3 is 2.75 bits per heavy atom. The number of hydrogen-bond donors (Lipinski definition) is 1. The summed E-state index contributed by atoms with van der Waals surface area (Å²) in [6.07, 6.45) is 9.15. The number of aromatic amines is 1. The summed E-state index contributed by atoms with van der Waals surface area (Å²) in [6, 6.07) is 11.2. The molecule has 1 N–H and O–H groups in total. The van der Waals surface area contributed by atoms with E-state index < -0.39 is 32.8 Å². The van der Waals surface area contributed by atoms with Crippen LogP contribution in [-0.2, 0) is 44.7 Å². The molecule has 2 aromatic carbocycles. The van der Waals surface area contributed by atoms with Crippen molar-refractivity contribution in [2.45, 2.75) is 83.0 Å². The molecule has 7 rings (SSSR count). The first-order valence-corrected chi connectivity index (χ1v) is 19.6. The van der Waals surface area contributed by atoms with E-state index in [0.717, 1.165) is 30.4 Å². The zero-order chi connectivity index (χ0) is 36.0. The zero-order valence-corrected chi connectivity index (χ0v) is 30.1. The van der Waals surface area contributed by atoms with Crippen molar-refractivity contribution >= 4 is 26.7 Å². The highest BCUT2D eigenvalue weighted by atomic mass is 32.2. The molecule has 1 aliphatic heterocycles. The largest absolute Gasteiger partial charge is 0.466 e. The fourth-order valence-corrected chi connectivity index (χ4v) is 9.81. The number of fused-ring (bicyclic) bond motifs is 8. The number of aromatic nitrogens is 4. The van der Waals surface area contributed by atoms with Gasteiger partial charge in [-0.05, 0) is 87.1 Å². The van der Waals surface area contributed by atoms with Gasteiger partial charge in [0, 0.05) is 48.6 Å². The zero-order valence-electron chi connectivity index (χ0n) is 29.3. The molecule has 2 aromatic heterocycles. The first kappa shape index (κ1) is 35.1. The molecule has 1 spiro atoms. The summed E-state index contributed by atoms with van der Waals surface area (Å²) in [5.41, 5.74) is 1.93. The number of rotatable bonds is 5. The molecule has 12 heteroatoms. The van der Waals surface area contributed by atoms with Crippen LogP contribution >= 0.6 is 0 Å². The van der Waals surface area contributed by atoms with Crippen LogP contribution in [0.3, 0.4) is 0 Å². The number of carbonyl (C=O) groups excluding carboxylic acids is 1. The van der Waals surface area contributed by atoms with Crippen molar-refractivity contribution in [2.75, 3.05) is 18.1 Å². The Morgan fingerprint density at radius 1 is 1.14 bits per heavy atom. The van der Waals surface area contributed by atoms with Crippen LogP contribution in [0.15, 0.2) is 66.3 Å². The number of esters is 1. The summed E-state index contributed by atoms with van der Waals surface area (Å²) in [6.45, 7) is 4.19. The maximum absolute atomic E-state index is 15.7. The summed E-state index contributed by atoms with van der Waals surface area (Å²) in [5, 5.41) is 5.57. The number of benzene rings is 2. The topological polar surface area (TPSA) is 116 Å². The highest BCUT2D eigenvalue weighted by Gasteiger charge is 2.46. The fraction of sp³-hybridized carbons (Fsp3) is 0.462. The number of hydrogen-bond acceptors (Lipinski definition) is 7. The Bertz CT molecular complexity index is 2150. The van der Waals surface area contributed by atoms with E-state index in [9.17, 15) is 13.2 Å². The van der Waals surface area contributed by atoms with Crippen LogP contribution in [0.25, 0.3) is 10.9 Å². The Labute approximate surface area is 297 Å². The van der Waals surface area contributed by atoms with Gasteiger partial charge in [-0.15, -0.1) is 0 Å². The Kier molecular flexibility index (Phi) is 9.41. The lowest BCUT2D eigenvalue weighted by Crippen LogP contribution is -2.27. The molecule has 0 radical (unpaired) electrons. The standard InChI is InChI=1S/C39H44F2N4O5S/c1-4-49-34(46)12-9-25-7-5-8-26(21-25)38(2)15-6-16-39(17-18-39)24-51(47,48)20-14-29-28-13-19-42-33(28)23-32(41)35(29)50-27-10-11-31(40)30(22-27)36-43-37(38)44-45(36)3/h5,7-8,10-11,13,19,21,23,30,42H,4,6,9,12,14-18,20,22,24H2,1-3H3. The van der Waals surface area contributed by atoms with E-state index in [4.69, 9.17) is 19.6 Å². The molecule has 2 atom stereocenters. The molecular weight excluding hydrogens is 675 g/mol. The van der Waals surface area contributed by atoms with Gasteiger partial charge >= 0.3 is 5.97 Å². The SMILES string of the molecule is CCOC(=O)CCc1cccc(C2(C)CCCC3(CC3)CS(=O)(=O)CCc3c(c(F)cc4[nH]ccc34)OC3=CC=C(F)C(C3)c3nc2nn3C)c1. The number of aryl methyl sites for hydroxylation is 3. The van der Waals surface area contributed by atoms with Gasteiger partial charge in [0.2, 0.25) is 0 Å². The molecule has 0 saturated heterocycles. The first-order valence-electron chi connectivity index (χ1n) is 17.8. The maximum atomic E-state index is 15.7. The summed E-state index contributed by atoms with van der Waals surface area (Å²) < 4.78 is 71.8. The molecule has 4 bridgehead atoms. The molecule has 51 heavy (non-hydrogen) atoms. The van der Waals surface area contributed by atoms with Gasteiger partial charge in [-0.3, -0.25) is 9.48 Å². The Hall–Kier alpha value is -4.32. The van der Waals surface area contributed by atoms with E-state index in [1.54, 1.807) is 30.9 Å². The van der Waals surface area contributed by atoms with Crippen LogP contribution in [0.2, 0.25) is 0 Å². The number of halogens is 2. The van der Waals surface area contributed by atoms with Crippen LogP contribution in [-0.4, -0.2) is 52.2 Å². The maximum Gasteiger partial charge on any atom is 0.306 e. The van der Waals surface area contributed by atoms with Gasteiger partial charge in [-0.1, -0.05) is 30.7 Å². The van der Waals surface area contributed by atoms with E-state index in [-0.39, 0.29) is 47.9 Å². The van der Waals surface area contributed by atoms with Crippen LogP contribution < -0.4 is 4.74 Å². The van der Waals surface area contributed by atoms with E-state index in [1.807, 2.05) is 18.2 Å². The van der Waals surface area contributed by atoms with Gasteiger partial charge in [0.25, 0.3) is 0 Å². The highest BCUT2D eigenvalue weighted by Crippen LogP contribution is 2.52. The summed E-state index contributed by atoms with van der Waals surface area (Å²) in [7, 11) is -1.76. The monoisotopic (exact) mass is 718 g/mol. The molecule has 1 fully saturated rings. The van der Waals surface area contributed by atoms with Gasteiger partial charge in [0.05, 0.1) is 29.4 Å². The number of carbonyl (C=O) groups is 1. The average Bonchev–Trinajstić information content (AvgIpc) is 3.47. The van der Waals surface area contributed by atoms with Crippen LogP contribution in [0, 0.1) is 11.2 Å². The van der Waals surface area contributed by atoms with Crippen molar-refractivity contribution in [1.29, 1.82) is 0 Å². The Morgan fingerprint density at radius 2 is 1.96 bits per heavy atom. The molecule has 9 nitrogen and oxygen atoms in total. The third-order valence-corrected chi connectivity index (χ3v) is 12.8. The van der Waals surface area contributed by atoms with Gasteiger partial charge < -0.3 is 14.5 Å². The van der Waals surface area contributed by atoms with Crippen LogP contribution in [0.5, 0.6) is 5.75 Å². The molecule has 1 saturated carbocycles. The fourth-order valence-electron chi connectivity index (χ4n) is 7.78. The van der Waals surface area contributed by atoms with E-state index in [2.05, 4.69) is 18.0 Å². The van der Waals surface area contributed by atoms with E-state index in [1.165, 1.54) is 18.2 Å². The van der Waals surface area contributed by atoms with Crippen molar-refractivity contribution in [2.24, 2.45) is 12.5 Å². The lowest BCUT2D eigenvalue weighted by molar-refractivity contribution is -0.143. The van der Waals surface area contributed by atoms with Gasteiger partial charge in [-0.25, -0.2) is 22.2 Å². The quantitative estimate of drug-likeness (QED) is 0.213. The van der Waals surface area contributed by atoms with Crippen LogP contribution in [0.1, 0.15) is 93.1 Å². The average molecular weight is 719 g/mol. The normalized spacial score (nSPS) is 23.0. The summed E-state index contributed by atoms with van der Waals surface area (Å²) in [5.74, 6) is -0.951. The van der Waals surface area contributed by atoms with E-state index >= 15 is 8.78 Å². The van der Waals surface area contributed by atoms with Gasteiger partial charge in [0.1, 0.15) is 17.4 Å². The molecule has 4 aromatic rings. The van der Waals surface area contributed by atoms with Crippen molar-refractivity contribution in [3.8, 4) is 5.75 Å². The van der Waals surface area contributed by atoms with Gasteiger partial charge in [-0.2, -0.15) is 5.10 Å². The molecule has 270 valence electrons. The second kappa shape index (κ2) is 13.7. The number of sulfone groups is 1. The number of ether oxygens (including phenoxy) is 2. The second-order valence-corrected chi connectivity index (χ2v) is 16.8. The molecule has 0 amide bonds. The number of nitrogens with zero attached hydrogens (tertiary/aromatic N) is 3. The second-order valence-electron chi connectivity index (χ2n) is 14.6. The molecular formula is C39H44F2N4O5S. The third-order valence-electron chi connectivity index (χ3n) is 10.9. The summed E-state index contributed by atoms with van der Waals surface area (Å²) in [4.78, 5) is 20.2. The minimum atomic E-state index is -3.51. The van der Waals surface area contributed by atoms with Crippen LogP contribution in [0.4, 0.5) is 8.78 Å². The Balaban J connectivity index is 1.28. The highest BCUT2D eigenvalue weighted by molar-refractivity contribution is 7.91. The van der Waals surface area contributed by atoms with Crippen molar-refractivity contribution in [1.82, 2.24) is 19.7 Å². The lowest BCUT2D eigenvalue weighted by Gasteiger charge is -2.29. The summed E-state index contributed by atoms with van der Waals surface area (Å²) >= 11 is 0.